The number of aliphatic imine (C=N–C) groups is 1. The number of aromatic nitrogens is 1. The fourth-order valence-electron chi connectivity index (χ4n) is 2.46. The number of carboxylic acid groups (broad SMARTS) is 1. The number of carbonyl (C=O) groups is 1. The zero-order valence-corrected chi connectivity index (χ0v) is 14.7. The summed E-state index contributed by atoms with van der Waals surface area (Å²) in [5.74, 6) is -2.34. The van der Waals surface area contributed by atoms with Crippen LogP contribution in [0.1, 0.15) is 5.56 Å². The maximum atomic E-state index is 11.0. The maximum absolute atomic E-state index is 11.0. The minimum absolute atomic E-state index is 0.119. The Balaban J connectivity index is 1.82. The van der Waals surface area contributed by atoms with Crippen LogP contribution in [0.2, 0.25) is 0 Å². The number of nitrogens with zero attached hydrogens (tertiary/aromatic N) is 3. The van der Waals surface area contributed by atoms with Gasteiger partial charge in [-0.3, -0.25) is 4.98 Å². The Bertz CT molecular complexity index is 693. The predicted molar refractivity (Wildman–Crippen MR) is 92.2 cm³/mol. The third-order valence-corrected chi connectivity index (χ3v) is 3.89. The first-order chi connectivity index (χ1) is 12.6. The molecule has 26 heavy (non-hydrogen) atoms. The van der Waals surface area contributed by atoms with Crippen molar-refractivity contribution >= 4 is 23.5 Å². The largest absolute Gasteiger partial charge is 0.480 e. The topological polar surface area (TPSA) is 106 Å². The summed E-state index contributed by atoms with van der Waals surface area (Å²) in [6.45, 7) is 1.88. The summed E-state index contributed by atoms with van der Waals surface area (Å²) in [5.41, 5.74) is 0.789. The van der Waals surface area contributed by atoms with Gasteiger partial charge in [0.1, 0.15) is 11.8 Å². The molecule has 10 heteroatoms. The highest BCUT2D eigenvalue weighted by Gasteiger charge is 2.36. The quantitative estimate of drug-likeness (QED) is 0.548. The number of hydrogen-bond donors (Lipinski definition) is 2. The van der Waals surface area contributed by atoms with Crippen LogP contribution in [0.4, 0.5) is 0 Å². The van der Waals surface area contributed by atoms with Gasteiger partial charge in [-0.25, -0.2) is 4.79 Å². The van der Waals surface area contributed by atoms with Crippen LogP contribution in [-0.4, -0.2) is 65.7 Å². The Labute approximate surface area is 155 Å². The highest BCUT2D eigenvalue weighted by molar-refractivity contribution is 6.30. The molecule has 2 aliphatic heterocycles. The number of nitrogens with one attached hydrogen (secondary N) is 1. The van der Waals surface area contributed by atoms with Crippen LogP contribution in [0.3, 0.4) is 0 Å². The molecule has 1 aromatic rings. The minimum atomic E-state index is -1.65. The Kier molecular flexibility index (Phi) is 6.04. The van der Waals surface area contributed by atoms with E-state index in [0.717, 1.165) is 5.56 Å². The van der Waals surface area contributed by atoms with Crippen LogP contribution in [0.5, 0.6) is 0 Å². The number of rotatable bonds is 6. The molecule has 2 N–H and O–H groups in total. The zero-order chi connectivity index (χ0) is 18.4. The molecule has 1 unspecified atom stereocenters. The van der Waals surface area contributed by atoms with Crippen molar-refractivity contribution in [2.24, 2.45) is 4.99 Å². The third kappa shape index (κ3) is 4.92. The molecular formula is C16H19ClN4O5. The van der Waals surface area contributed by atoms with Crippen molar-refractivity contribution in [2.75, 3.05) is 32.9 Å². The number of pyridine rings is 1. The summed E-state index contributed by atoms with van der Waals surface area (Å²) in [4.78, 5) is 21.4. The number of ether oxygens (including phenoxy) is 3. The molecule has 0 amide bonds. The number of hydrogen-bond acceptors (Lipinski definition) is 8. The fraction of sp³-hybridized carbons (Fsp3) is 0.438. The van der Waals surface area contributed by atoms with E-state index < -0.39 is 18.5 Å². The molecule has 1 atom stereocenters. The standard InChI is InChI=1S/C16H19ClN4O5/c17-13-8-16(26-11-14(22)23,25-10-12-2-1-3-18-9-12)20-15(19-13)21-4-6-24-7-5-21/h1-3,8-9H,4-7,10-11H2,(H,19,20)(H,22,23). The van der Waals surface area contributed by atoms with Gasteiger partial charge >= 0.3 is 5.97 Å². The molecule has 0 radical (unpaired) electrons. The van der Waals surface area contributed by atoms with Crippen molar-refractivity contribution < 1.29 is 24.1 Å². The lowest BCUT2D eigenvalue weighted by Gasteiger charge is -2.36. The van der Waals surface area contributed by atoms with Crippen molar-refractivity contribution in [1.29, 1.82) is 0 Å². The molecule has 0 aliphatic carbocycles. The van der Waals surface area contributed by atoms with E-state index in [0.29, 0.717) is 32.3 Å². The van der Waals surface area contributed by atoms with Gasteiger partial charge in [0.2, 0.25) is 5.96 Å². The molecule has 2 aliphatic rings. The molecule has 1 fully saturated rings. The highest BCUT2D eigenvalue weighted by Crippen LogP contribution is 2.26. The Hall–Kier alpha value is -2.20. The molecule has 1 aromatic heterocycles. The second-order valence-corrected chi connectivity index (χ2v) is 6.02. The molecule has 0 spiro atoms. The van der Waals surface area contributed by atoms with Gasteiger partial charge in [-0.15, -0.1) is 0 Å². The van der Waals surface area contributed by atoms with Gasteiger partial charge in [-0.1, -0.05) is 17.7 Å². The van der Waals surface area contributed by atoms with E-state index in [4.69, 9.17) is 30.9 Å². The average molecular weight is 383 g/mol. The summed E-state index contributed by atoms with van der Waals surface area (Å²) in [7, 11) is 0. The minimum Gasteiger partial charge on any atom is -0.480 e. The Morgan fingerprint density at radius 1 is 1.42 bits per heavy atom. The van der Waals surface area contributed by atoms with E-state index in [1.165, 1.54) is 6.08 Å². The van der Waals surface area contributed by atoms with Crippen molar-refractivity contribution in [3.8, 4) is 0 Å². The molecular weight excluding hydrogens is 364 g/mol. The number of aliphatic carboxylic acids is 1. The predicted octanol–water partition coefficient (Wildman–Crippen LogP) is 0.725. The van der Waals surface area contributed by atoms with Crippen LogP contribution in [0.25, 0.3) is 0 Å². The first kappa shape index (κ1) is 18.6. The number of guanidine groups is 1. The van der Waals surface area contributed by atoms with Crippen LogP contribution in [0.15, 0.2) is 40.8 Å². The van der Waals surface area contributed by atoms with Gasteiger partial charge in [0.05, 0.1) is 19.8 Å². The van der Waals surface area contributed by atoms with Gasteiger partial charge in [0, 0.05) is 31.6 Å². The molecule has 3 heterocycles. The molecule has 9 nitrogen and oxygen atoms in total. The van der Waals surface area contributed by atoms with Gasteiger partial charge in [-0.05, 0) is 11.6 Å². The summed E-state index contributed by atoms with van der Waals surface area (Å²) < 4.78 is 16.6. The fourth-order valence-corrected chi connectivity index (χ4v) is 2.68. The van der Waals surface area contributed by atoms with E-state index in [2.05, 4.69) is 15.3 Å². The van der Waals surface area contributed by atoms with Crippen molar-refractivity contribution in [3.63, 3.8) is 0 Å². The smallest absolute Gasteiger partial charge is 0.329 e. The number of halogens is 1. The normalized spacial score (nSPS) is 23.0. The van der Waals surface area contributed by atoms with Crippen LogP contribution in [0, 0.1) is 0 Å². The molecule has 0 saturated carbocycles. The molecule has 140 valence electrons. The highest BCUT2D eigenvalue weighted by atomic mass is 35.5. The van der Waals surface area contributed by atoms with Crippen molar-refractivity contribution in [2.45, 2.75) is 12.5 Å². The molecule has 0 aromatic carbocycles. The first-order valence-electron chi connectivity index (χ1n) is 8.03. The third-order valence-electron chi connectivity index (χ3n) is 3.68. The lowest BCUT2D eigenvalue weighted by Crippen LogP contribution is -2.51. The number of morpholine rings is 1. The summed E-state index contributed by atoms with van der Waals surface area (Å²) >= 11 is 6.20. The van der Waals surface area contributed by atoms with Gasteiger partial charge in [0.15, 0.2) is 0 Å². The van der Waals surface area contributed by atoms with Crippen LogP contribution >= 0.6 is 11.6 Å². The summed E-state index contributed by atoms with van der Waals surface area (Å²) in [6.07, 6.45) is 4.69. The number of carboxylic acids is 1. The Morgan fingerprint density at radius 2 is 2.23 bits per heavy atom. The van der Waals surface area contributed by atoms with E-state index in [-0.39, 0.29) is 11.8 Å². The Morgan fingerprint density at radius 3 is 2.92 bits per heavy atom. The lowest BCUT2D eigenvalue weighted by atomic mass is 10.3. The van der Waals surface area contributed by atoms with Crippen LogP contribution in [-0.2, 0) is 25.6 Å². The molecule has 0 bridgehead atoms. The van der Waals surface area contributed by atoms with E-state index in [1.807, 2.05) is 11.0 Å². The second-order valence-electron chi connectivity index (χ2n) is 5.62. The van der Waals surface area contributed by atoms with Gasteiger partial charge < -0.3 is 29.5 Å². The van der Waals surface area contributed by atoms with E-state index in [1.54, 1.807) is 18.5 Å². The van der Waals surface area contributed by atoms with Crippen LogP contribution < -0.4 is 5.32 Å². The molecule has 3 rings (SSSR count). The van der Waals surface area contributed by atoms with Gasteiger partial charge in [-0.2, -0.15) is 4.99 Å². The second kappa shape index (κ2) is 8.45. The SMILES string of the molecule is O=C(O)COC1(OCc2cccnc2)C=C(Cl)NC(N2CCOCC2)=N1. The maximum Gasteiger partial charge on any atom is 0.329 e. The average Bonchev–Trinajstić information content (AvgIpc) is 2.66. The van der Waals surface area contributed by atoms with Crippen molar-refractivity contribution in [1.82, 2.24) is 15.2 Å². The lowest BCUT2D eigenvalue weighted by molar-refractivity contribution is -0.212. The van der Waals surface area contributed by atoms with E-state index >= 15 is 0 Å². The summed E-state index contributed by atoms with van der Waals surface area (Å²) in [6, 6.07) is 3.61. The monoisotopic (exact) mass is 382 g/mol. The molecule has 1 saturated heterocycles. The van der Waals surface area contributed by atoms with E-state index in [9.17, 15) is 4.79 Å². The van der Waals surface area contributed by atoms with Crippen molar-refractivity contribution in [3.05, 3.63) is 41.3 Å². The summed E-state index contributed by atoms with van der Waals surface area (Å²) in [5, 5.41) is 12.2. The zero-order valence-electron chi connectivity index (χ0n) is 13.9. The van der Waals surface area contributed by atoms with Gasteiger partial charge in [0.25, 0.3) is 5.91 Å². The first-order valence-corrected chi connectivity index (χ1v) is 8.41.